The van der Waals surface area contributed by atoms with Gasteiger partial charge in [0.2, 0.25) is 0 Å². The zero-order valence-corrected chi connectivity index (χ0v) is 14.2. The van der Waals surface area contributed by atoms with Crippen LogP contribution in [0.4, 0.5) is 4.79 Å². The molecule has 1 aliphatic rings. The fourth-order valence-corrected chi connectivity index (χ4v) is 3.28. The minimum Gasteiger partial charge on any atom is -0.394 e. The highest BCUT2D eigenvalue weighted by Crippen LogP contribution is 2.34. The smallest absolute Gasteiger partial charge is 0.315 e. The summed E-state index contributed by atoms with van der Waals surface area (Å²) < 4.78 is 0. The average Bonchev–Trinajstić information content (AvgIpc) is 2.59. The van der Waals surface area contributed by atoms with Gasteiger partial charge in [-0.2, -0.15) is 0 Å². The standard InChI is InChI=1S/C18H29N3O2/c1-13(2)16(12-22)20-18(23)21-17(14-7-4-3-5-8-14)15-9-6-10-19-11-15/h6,9-11,13-14,16-17,22H,3-5,7-8,12H2,1-2H3,(H2,20,21,23)/t16-,17-/m1/s1. The van der Waals surface area contributed by atoms with Gasteiger partial charge in [-0.15, -0.1) is 0 Å². The van der Waals surface area contributed by atoms with E-state index in [4.69, 9.17) is 0 Å². The fraction of sp³-hybridized carbons (Fsp3) is 0.667. The number of amides is 2. The predicted molar refractivity (Wildman–Crippen MR) is 90.9 cm³/mol. The third kappa shape index (κ3) is 5.20. The molecule has 0 radical (unpaired) electrons. The van der Waals surface area contributed by atoms with Gasteiger partial charge in [0.1, 0.15) is 0 Å². The maximum absolute atomic E-state index is 12.4. The number of pyridine rings is 1. The highest BCUT2D eigenvalue weighted by Gasteiger charge is 2.27. The highest BCUT2D eigenvalue weighted by atomic mass is 16.3. The van der Waals surface area contributed by atoms with Gasteiger partial charge in [0.25, 0.3) is 0 Å². The highest BCUT2D eigenvalue weighted by molar-refractivity contribution is 5.74. The van der Waals surface area contributed by atoms with Crippen LogP contribution in [-0.2, 0) is 0 Å². The third-order valence-electron chi connectivity index (χ3n) is 4.77. The number of aliphatic hydroxyl groups is 1. The number of urea groups is 1. The molecule has 0 saturated heterocycles. The first-order chi connectivity index (χ1) is 11.1. The Bertz CT molecular complexity index is 472. The van der Waals surface area contributed by atoms with E-state index in [0.29, 0.717) is 5.92 Å². The summed E-state index contributed by atoms with van der Waals surface area (Å²) in [5.74, 6) is 0.641. The lowest BCUT2D eigenvalue weighted by atomic mass is 9.81. The van der Waals surface area contributed by atoms with E-state index in [1.54, 1.807) is 6.20 Å². The molecule has 0 bridgehead atoms. The molecule has 0 unspecified atom stereocenters. The summed E-state index contributed by atoms with van der Waals surface area (Å²) in [6.45, 7) is 3.92. The molecule has 0 aromatic carbocycles. The Balaban J connectivity index is 2.06. The van der Waals surface area contributed by atoms with E-state index in [1.807, 2.05) is 32.2 Å². The van der Waals surface area contributed by atoms with Crippen molar-refractivity contribution in [1.29, 1.82) is 0 Å². The SMILES string of the molecule is CC(C)[C@@H](CO)NC(=O)N[C@@H](c1cccnc1)C1CCCCC1. The van der Waals surface area contributed by atoms with E-state index in [1.165, 1.54) is 19.3 Å². The van der Waals surface area contributed by atoms with Crippen molar-refractivity contribution in [3.8, 4) is 0 Å². The Morgan fingerprint density at radius 2 is 2.04 bits per heavy atom. The van der Waals surface area contributed by atoms with Crippen LogP contribution in [0.3, 0.4) is 0 Å². The van der Waals surface area contributed by atoms with Crippen molar-refractivity contribution in [2.24, 2.45) is 11.8 Å². The van der Waals surface area contributed by atoms with Crippen LogP contribution in [0.1, 0.15) is 57.6 Å². The molecule has 0 aliphatic heterocycles. The lowest BCUT2D eigenvalue weighted by Crippen LogP contribution is -2.48. The number of aromatic nitrogens is 1. The molecule has 0 spiro atoms. The van der Waals surface area contributed by atoms with Gasteiger partial charge in [0, 0.05) is 12.4 Å². The Morgan fingerprint density at radius 3 is 2.61 bits per heavy atom. The minimum absolute atomic E-state index is 0.0181. The second-order valence-electron chi connectivity index (χ2n) is 6.81. The summed E-state index contributed by atoms with van der Waals surface area (Å²) in [4.78, 5) is 16.6. The summed E-state index contributed by atoms with van der Waals surface area (Å²) in [5, 5.41) is 15.4. The predicted octanol–water partition coefficient (Wildman–Crippen LogP) is 3.02. The van der Waals surface area contributed by atoms with Crippen LogP contribution in [-0.4, -0.2) is 28.8 Å². The first-order valence-electron chi connectivity index (χ1n) is 8.69. The van der Waals surface area contributed by atoms with Crippen LogP contribution in [0.15, 0.2) is 24.5 Å². The van der Waals surface area contributed by atoms with Crippen LogP contribution in [0.25, 0.3) is 0 Å². The molecule has 1 aliphatic carbocycles. The molecular weight excluding hydrogens is 290 g/mol. The van der Waals surface area contributed by atoms with E-state index in [2.05, 4.69) is 15.6 Å². The van der Waals surface area contributed by atoms with Crippen LogP contribution in [0.5, 0.6) is 0 Å². The van der Waals surface area contributed by atoms with Crippen molar-refractivity contribution >= 4 is 6.03 Å². The molecule has 3 N–H and O–H groups in total. The summed E-state index contributed by atoms with van der Waals surface area (Å²) in [5.41, 5.74) is 1.06. The van der Waals surface area contributed by atoms with Gasteiger partial charge in [-0.05, 0) is 36.3 Å². The van der Waals surface area contributed by atoms with Crippen molar-refractivity contribution in [2.45, 2.75) is 58.0 Å². The lowest BCUT2D eigenvalue weighted by molar-refractivity contribution is 0.190. The quantitative estimate of drug-likeness (QED) is 0.754. The van der Waals surface area contributed by atoms with Gasteiger partial charge in [0.15, 0.2) is 0 Å². The van der Waals surface area contributed by atoms with Crippen molar-refractivity contribution in [3.05, 3.63) is 30.1 Å². The first kappa shape index (κ1) is 17.7. The first-order valence-corrected chi connectivity index (χ1v) is 8.69. The van der Waals surface area contributed by atoms with Gasteiger partial charge >= 0.3 is 6.03 Å². The molecule has 1 aromatic rings. The van der Waals surface area contributed by atoms with Gasteiger partial charge in [-0.1, -0.05) is 39.2 Å². The summed E-state index contributed by atoms with van der Waals surface area (Å²) in [6.07, 6.45) is 9.57. The number of hydrogen-bond donors (Lipinski definition) is 3. The molecule has 1 aromatic heterocycles. The number of carbonyl (C=O) groups is 1. The number of nitrogens with one attached hydrogen (secondary N) is 2. The van der Waals surface area contributed by atoms with E-state index in [0.717, 1.165) is 18.4 Å². The Hall–Kier alpha value is -1.62. The summed E-state index contributed by atoms with van der Waals surface area (Å²) in [6, 6.07) is 3.48. The normalized spacial score (nSPS) is 18.4. The molecule has 5 nitrogen and oxygen atoms in total. The van der Waals surface area contributed by atoms with Gasteiger partial charge in [0.05, 0.1) is 18.7 Å². The molecule has 1 fully saturated rings. The summed E-state index contributed by atoms with van der Waals surface area (Å²) in [7, 11) is 0. The van der Waals surface area contributed by atoms with Crippen LogP contribution < -0.4 is 10.6 Å². The molecule has 128 valence electrons. The van der Waals surface area contributed by atoms with Crippen molar-refractivity contribution in [3.63, 3.8) is 0 Å². The number of nitrogens with zero attached hydrogens (tertiary/aromatic N) is 1. The van der Waals surface area contributed by atoms with E-state index >= 15 is 0 Å². The third-order valence-corrected chi connectivity index (χ3v) is 4.77. The molecular formula is C18H29N3O2. The maximum Gasteiger partial charge on any atom is 0.315 e. The number of carbonyl (C=O) groups excluding carboxylic acids is 1. The zero-order chi connectivity index (χ0) is 16.7. The van der Waals surface area contributed by atoms with Crippen LogP contribution in [0, 0.1) is 11.8 Å². The molecule has 23 heavy (non-hydrogen) atoms. The van der Waals surface area contributed by atoms with E-state index in [-0.39, 0.29) is 30.6 Å². The topological polar surface area (TPSA) is 74.2 Å². The van der Waals surface area contributed by atoms with E-state index in [9.17, 15) is 9.90 Å². The number of aliphatic hydroxyl groups excluding tert-OH is 1. The molecule has 2 rings (SSSR count). The summed E-state index contributed by atoms with van der Waals surface area (Å²) >= 11 is 0. The monoisotopic (exact) mass is 319 g/mol. The van der Waals surface area contributed by atoms with Gasteiger partial charge < -0.3 is 15.7 Å². The second-order valence-corrected chi connectivity index (χ2v) is 6.81. The Kier molecular flexibility index (Phi) is 6.84. The number of hydrogen-bond acceptors (Lipinski definition) is 3. The average molecular weight is 319 g/mol. The van der Waals surface area contributed by atoms with Gasteiger partial charge in [-0.3, -0.25) is 4.98 Å². The molecule has 2 amide bonds. The molecule has 1 saturated carbocycles. The van der Waals surface area contributed by atoms with Crippen LogP contribution in [0.2, 0.25) is 0 Å². The fourth-order valence-electron chi connectivity index (χ4n) is 3.28. The largest absolute Gasteiger partial charge is 0.394 e. The lowest BCUT2D eigenvalue weighted by Gasteiger charge is -2.32. The maximum atomic E-state index is 12.4. The Morgan fingerprint density at radius 1 is 1.30 bits per heavy atom. The van der Waals surface area contributed by atoms with Crippen molar-refractivity contribution in [1.82, 2.24) is 15.6 Å². The van der Waals surface area contributed by atoms with Crippen molar-refractivity contribution in [2.75, 3.05) is 6.61 Å². The zero-order valence-electron chi connectivity index (χ0n) is 14.2. The van der Waals surface area contributed by atoms with Gasteiger partial charge in [-0.25, -0.2) is 4.79 Å². The molecule has 5 heteroatoms. The van der Waals surface area contributed by atoms with Crippen molar-refractivity contribution < 1.29 is 9.90 Å². The molecule has 2 atom stereocenters. The minimum atomic E-state index is -0.226. The van der Waals surface area contributed by atoms with Crippen LogP contribution >= 0.6 is 0 Å². The Labute approximate surface area is 138 Å². The number of rotatable bonds is 6. The van der Waals surface area contributed by atoms with E-state index < -0.39 is 0 Å². The second kappa shape index (κ2) is 8.87. The molecule has 1 heterocycles.